The van der Waals surface area contributed by atoms with E-state index in [-0.39, 0.29) is 11.7 Å². The quantitative estimate of drug-likeness (QED) is 0.579. The van der Waals surface area contributed by atoms with E-state index in [0.717, 1.165) is 19.6 Å². The summed E-state index contributed by atoms with van der Waals surface area (Å²) >= 11 is 7.71. The molecule has 0 aliphatic carbocycles. The molecule has 0 spiro atoms. The van der Waals surface area contributed by atoms with E-state index in [9.17, 15) is 9.18 Å². The minimum atomic E-state index is -0.312. The monoisotopic (exact) mass is 396 g/mol. The Balaban J connectivity index is 2.01. The molecule has 1 fully saturated rings. The van der Waals surface area contributed by atoms with Gasteiger partial charge in [0.05, 0.1) is 5.56 Å². The van der Waals surface area contributed by atoms with E-state index in [2.05, 4.69) is 4.90 Å². The Hall–Kier alpha value is -0.400. The van der Waals surface area contributed by atoms with Crippen LogP contribution in [-0.4, -0.2) is 54.3 Å². The van der Waals surface area contributed by atoms with E-state index < -0.39 is 0 Å². The molecule has 0 radical (unpaired) electrons. The van der Waals surface area contributed by atoms with Gasteiger partial charge in [0.2, 0.25) is 0 Å². The molecule has 0 unspecified atom stereocenters. The second kappa shape index (κ2) is 6.85. The van der Waals surface area contributed by atoms with Crippen LogP contribution in [0.15, 0.2) is 18.2 Å². The summed E-state index contributed by atoms with van der Waals surface area (Å²) in [7, 11) is 0. The molecule has 19 heavy (non-hydrogen) atoms. The summed E-state index contributed by atoms with van der Waals surface area (Å²) in [6, 6.07) is 4.28. The first-order chi connectivity index (χ1) is 9.11. The van der Waals surface area contributed by atoms with Crippen LogP contribution in [0.1, 0.15) is 10.4 Å². The van der Waals surface area contributed by atoms with E-state index >= 15 is 0 Å². The Morgan fingerprint density at radius 3 is 2.58 bits per heavy atom. The molecular weight excluding hydrogens is 382 g/mol. The fourth-order valence-electron chi connectivity index (χ4n) is 2.13. The van der Waals surface area contributed by atoms with Crippen molar-refractivity contribution in [2.75, 3.05) is 38.6 Å². The van der Waals surface area contributed by atoms with Crippen LogP contribution >= 0.6 is 34.2 Å². The maximum atomic E-state index is 13.0. The summed E-state index contributed by atoms with van der Waals surface area (Å²) in [6.45, 7) is 3.94. The molecule has 1 aromatic rings. The van der Waals surface area contributed by atoms with Crippen molar-refractivity contribution >= 4 is 40.1 Å². The first-order valence-electron chi connectivity index (χ1n) is 6.14. The number of carbonyl (C=O) groups excluding carboxylic acids is 1. The molecule has 0 atom stereocenters. The van der Waals surface area contributed by atoms with Crippen molar-refractivity contribution in [2.45, 2.75) is 0 Å². The summed E-state index contributed by atoms with van der Waals surface area (Å²) < 4.78 is 13.7. The third-order valence-electron chi connectivity index (χ3n) is 3.22. The van der Waals surface area contributed by atoms with Gasteiger partial charge in [0.1, 0.15) is 5.82 Å². The smallest absolute Gasteiger partial charge is 0.255 e. The summed E-state index contributed by atoms with van der Waals surface area (Å²) in [4.78, 5) is 16.4. The highest BCUT2D eigenvalue weighted by Crippen LogP contribution is 2.17. The number of piperazine rings is 1. The fraction of sp³-hybridized carbons (Fsp3) is 0.462. The first-order valence-corrected chi connectivity index (χ1v) is 7.76. The minimum absolute atomic E-state index is 0.0186. The number of hydrogen-bond acceptors (Lipinski definition) is 2. The zero-order valence-corrected chi connectivity index (χ0v) is 13.3. The molecule has 0 N–H and O–H groups in total. The van der Waals surface area contributed by atoms with Gasteiger partial charge in [-0.2, -0.15) is 0 Å². The van der Waals surface area contributed by atoms with Gasteiger partial charge >= 0.3 is 0 Å². The zero-order chi connectivity index (χ0) is 13.8. The first kappa shape index (κ1) is 15.0. The molecular formula is C13H15ClFIN2O. The van der Waals surface area contributed by atoms with Crippen LogP contribution in [0.5, 0.6) is 0 Å². The van der Waals surface area contributed by atoms with Gasteiger partial charge in [-0.3, -0.25) is 9.69 Å². The van der Waals surface area contributed by atoms with Crippen molar-refractivity contribution in [3.8, 4) is 0 Å². The van der Waals surface area contributed by atoms with Crippen LogP contribution in [0.25, 0.3) is 0 Å². The molecule has 0 aromatic heterocycles. The van der Waals surface area contributed by atoms with E-state index in [1.54, 1.807) is 6.07 Å². The highest BCUT2D eigenvalue weighted by atomic mass is 127. The summed E-state index contributed by atoms with van der Waals surface area (Å²) in [6.07, 6.45) is 0. The number of benzene rings is 1. The van der Waals surface area contributed by atoms with Gasteiger partial charge in [0, 0.05) is 42.2 Å². The largest absolute Gasteiger partial charge is 0.336 e. The van der Waals surface area contributed by atoms with Gasteiger partial charge in [0.25, 0.3) is 5.91 Å². The third kappa shape index (κ3) is 3.79. The van der Waals surface area contributed by atoms with Crippen LogP contribution in [-0.2, 0) is 0 Å². The predicted octanol–water partition coefficient (Wildman–Crippen LogP) is 2.43. The zero-order valence-electron chi connectivity index (χ0n) is 10.4. The number of amides is 1. The van der Waals surface area contributed by atoms with E-state index in [0.29, 0.717) is 28.1 Å². The Morgan fingerprint density at radius 1 is 1.32 bits per heavy atom. The van der Waals surface area contributed by atoms with E-state index in [1.165, 1.54) is 12.1 Å². The van der Waals surface area contributed by atoms with Crippen LogP contribution in [0.2, 0.25) is 0 Å². The third-order valence-corrected chi connectivity index (χ3v) is 4.28. The van der Waals surface area contributed by atoms with Crippen molar-refractivity contribution in [3.05, 3.63) is 33.1 Å². The van der Waals surface area contributed by atoms with E-state index in [4.69, 9.17) is 11.6 Å². The van der Waals surface area contributed by atoms with Crippen LogP contribution in [0.3, 0.4) is 0 Å². The summed E-state index contributed by atoms with van der Waals surface area (Å²) in [5.41, 5.74) is 0.577. The molecule has 104 valence electrons. The van der Waals surface area contributed by atoms with E-state index in [1.807, 2.05) is 27.5 Å². The molecule has 2 rings (SSSR count). The SMILES string of the molecule is O=C(c1ccc(F)cc1I)N1CCN(CCCl)CC1. The Bertz CT molecular complexity index is 464. The predicted molar refractivity (Wildman–Crippen MR) is 82.2 cm³/mol. The lowest BCUT2D eigenvalue weighted by atomic mass is 10.2. The van der Waals surface area contributed by atoms with Gasteiger partial charge in [-0.15, -0.1) is 11.6 Å². The van der Waals surface area contributed by atoms with Gasteiger partial charge in [-0.25, -0.2) is 4.39 Å². The maximum absolute atomic E-state index is 13.0. The second-order valence-corrected chi connectivity index (χ2v) is 5.99. The number of hydrogen-bond donors (Lipinski definition) is 0. The molecule has 1 aromatic carbocycles. The van der Waals surface area contributed by atoms with Gasteiger partial charge < -0.3 is 4.90 Å². The van der Waals surface area contributed by atoms with Crippen molar-refractivity contribution in [3.63, 3.8) is 0 Å². The molecule has 3 nitrogen and oxygen atoms in total. The fourth-order valence-corrected chi connectivity index (χ4v) is 3.07. The summed E-state index contributed by atoms with van der Waals surface area (Å²) in [5, 5.41) is 0. The highest BCUT2D eigenvalue weighted by Gasteiger charge is 2.23. The standard InChI is InChI=1S/C13H15ClFIN2O/c14-3-4-17-5-7-18(8-6-17)13(19)11-2-1-10(15)9-12(11)16/h1-2,9H,3-8H2. The van der Waals surface area contributed by atoms with Crippen LogP contribution < -0.4 is 0 Å². The highest BCUT2D eigenvalue weighted by molar-refractivity contribution is 14.1. The molecule has 0 saturated carbocycles. The molecule has 1 aliphatic heterocycles. The lowest BCUT2D eigenvalue weighted by Gasteiger charge is -2.34. The van der Waals surface area contributed by atoms with Crippen molar-refractivity contribution in [1.29, 1.82) is 0 Å². The average Bonchev–Trinajstić information content (AvgIpc) is 2.39. The molecule has 1 aliphatic rings. The van der Waals surface area contributed by atoms with Crippen LogP contribution in [0, 0.1) is 9.39 Å². The Labute approximate surface area is 130 Å². The van der Waals surface area contributed by atoms with Crippen molar-refractivity contribution in [2.24, 2.45) is 0 Å². The lowest BCUT2D eigenvalue weighted by Crippen LogP contribution is -2.49. The molecule has 0 bridgehead atoms. The average molecular weight is 397 g/mol. The number of alkyl halides is 1. The van der Waals surface area contributed by atoms with Crippen LogP contribution in [0.4, 0.5) is 4.39 Å². The lowest BCUT2D eigenvalue weighted by molar-refractivity contribution is 0.0643. The normalized spacial score (nSPS) is 16.7. The molecule has 6 heteroatoms. The Kier molecular flexibility index (Phi) is 5.41. The number of nitrogens with zero attached hydrogens (tertiary/aromatic N) is 2. The number of carbonyl (C=O) groups is 1. The summed E-state index contributed by atoms with van der Waals surface area (Å²) in [5.74, 6) is 0.284. The molecule has 1 saturated heterocycles. The number of rotatable bonds is 3. The van der Waals surface area contributed by atoms with Gasteiger partial charge in [0.15, 0.2) is 0 Å². The number of halogens is 3. The topological polar surface area (TPSA) is 23.6 Å². The Morgan fingerprint density at radius 2 is 2.00 bits per heavy atom. The molecule has 1 amide bonds. The van der Waals surface area contributed by atoms with Crippen molar-refractivity contribution in [1.82, 2.24) is 9.80 Å². The molecule has 1 heterocycles. The van der Waals surface area contributed by atoms with Gasteiger partial charge in [-0.1, -0.05) is 0 Å². The van der Waals surface area contributed by atoms with Gasteiger partial charge in [-0.05, 0) is 40.8 Å². The minimum Gasteiger partial charge on any atom is -0.336 e. The van der Waals surface area contributed by atoms with Crippen molar-refractivity contribution < 1.29 is 9.18 Å². The second-order valence-electron chi connectivity index (χ2n) is 4.45. The maximum Gasteiger partial charge on any atom is 0.255 e.